The topological polar surface area (TPSA) is 102 Å². The van der Waals surface area contributed by atoms with Crippen LogP contribution >= 0.6 is 0 Å². The van der Waals surface area contributed by atoms with E-state index in [1.807, 2.05) is 6.92 Å². The molecular formula is C19H21FN2O5S. The predicted octanol–water partition coefficient (Wildman–Crippen LogP) is 2.70. The highest BCUT2D eigenvalue weighted by Gasteiger charge is 2.21. The molecule has 0 aromatic heterocycles. The van der Waals surface area contributed by atoms with Crippen LogP contribution in [0.5, 0.6) is 0 Å². The van der Waals surface area contributed by atoms with Crippen molar-refractivity contribution in [1.29, 1.82) is 0 Å². The number of carbonyl (C=O) groups excluding carboxylic acids is 2. The number of hydrogen-bond acceptors (Lipinski definition) is 5. The van der Waals surface area contributed by atoms with Crippen molar-refractivity contribution < 1.29 is 27.1 Å². The molecule has 0 aliphatic carbocycles. The van der Waals surface area contributed by atoms with E-state index in [-0.39, 0.29) is 22.7 Å². The highest BCUT2D eigenvalue weighted by Crippen LogP contribution is 2.14. The maximum atomic E-state index is 13.2. The fraction of sp³-hybridized carbons (Fsp3) is 0.263. The van der Waals surface area contributed by atoms with Crippen LogP contribution in [-0.4, -0.2) is 32.9 Å². The van der Waals surface area contributed by atoms with Crippen LogP contribution < -0.4 is 10.0 Å². The van der Waals surface area contributed by atoms with Gasteiger partial charge in [-0.15, -0.1) is 0 Å². The number of carbonyl (C=O) groups is 2. The first-order chi connectivity index (χ1) is 13.2. The smallest absolute Gasteiger partial charge is 0.338 e. The molecule has 0 fully saturated rings. The van der Waals surface area contributed by atoms with Crippen molar-refractivity contribution in [3.05, 3.63) is 59.9 Å². The summed E-state index contributed by atoms with van der Waals surface area (Å²) in [7, 11) is -3.74. The Balaban J connectivity index is 2.05. The molecule has 2 aromatic carbocycles. The molecule has 0 aliphatic rings. The highest BCUT2D eigenvalue weighted by atomic mass is 32.2. The lowest BCUT2D eigenvalue weighted by Gasteiger charge is -2.14. The largest absolute Gasteiger partial charge is 0.449 e. The van der Waals surface area contributed by atoms with E-state index in [1.54, 1.807) is 0 Å². The zero-order chi connectivity index (χ0) is 20.7. The van der Waals surface area contributed by atoms with Crippen LogP contribution in [-0.2, 0) is 19.6 Å². The van der Waals surface area contributed by atoms with Crippen LogP contribution in [0.1, 0.15) is 30.6 Å². The van der Waals surface area contributed by atoms with Gasteiger partial charge in [0.1, 0.15) is 5.82 Å². The maximum absolute atomic E-state index is 13.2. The minimum atomic E-state index is -3.74. The first-order valence-corrected chi connectivity index (χ1v) is 10.1. The van der Waals surface area contributed by atoms with Crippen molar-refractivity contribution in [3.63, 3.8) is 0 Å². The zero-order valence-corrected chi connectivity index (χ0v) is 16.3. The van der Waals surface area contributed by atoms with E-state index >= 15 is 0 Å². The highest BCUT2D eigenvalue weighted by molar-refractivity contribution is 7.89. The van der Waals surface area contributed by atoms with Crippen molar-refractivity contribution in [1.82, 2.24) is 4.72 Å². The molecule has 1 atom stereocenters. The first kappa shape index (κ1) is 21.5. The summed E-state index contributed by atoms with van der Waals surface area (Å²) in [6.07, 6.45) is -0.548. The quantitative estimate of drug-likeness (QED) is 0.654. The molecule has 2 N–H and O–H groups in total. The lowest BCUT2D eigenvalue weighted by atomic mass is 10.2. The average Bonchev–Trinajstić information content (AvgIpc) is 2.66. The number of nitrogens with one attached hydrogen (secondary N) is 2. The second-order valence-corrected chi connectivity index (χ2v) is 7.74. The lowest BCUT2D eigenvalue weighted by molar-refractivity contribution is -0.123. The van der Waals surface area contributed by atoms with Gasteiger partial charge in [-0.05, 0) is 49.7 Å². The zero-order valence-electron chi connectivity index (χ0n) is 15.4. The second-order valence-electron chi connectivity index (χ2n) is 5.97. The van der Waals surface area contributed by atoms with E-state index in [2.05, 4.69) is 10.0 Å². The summed E-state index contributed by atoms with van der Waals surface area (Å²) in [5.41, 5.74) is 0.216. The predicted molar refractivity (Wildman–Crippen MR) is 102 cm³/mol. The van der Waals surface area contributed by atoms with Gasteiger partial charge in [-0.3, -0.25) is 4.79 Å². The third-order valence-corrected chi connectivity index (χ3v) is 5.13. The van der Waals surface area contributed by atoms with Gasteiger partial charge in [0.25, 0.3) is 5.91 Å². The normalized spacial score (nSPS) is 12.2. The maximum Gasteiger partial charge on any atom is 0.338 e. The van der Waals surface area contributed by atoms with Crippen molar-refractivity contribution in [2.75, 3.05) is 11.9 Å². The minimum Gasteiger partial charge on any atom is -0.449 e. The van der Waals surface area contributed by atoms with E-state index in [0.717, 1.165) is 6.07 Å². The SMILES string of the molecule is CCCNS(=O)(=O)c1cccc(C(=O)O[C@@H](C)C(=O)Nc2cccc(F)c2)c1. The molecule has 0 saturated carbocycles. The molecule has 7 nitrogen and oxygen atoms in total. The Morgan fingerprint density at radius 2 is 1.86 bits per heavy atom. The van der Waals surface area contributed by atoms with E-state index in [4.69, 9.17) is 4.74 Å². The van der Waals surface area contributed by atoms with Crippen LogP contribution in [0.2, 0.25) is 0 Å². The Bertz CT molecular complexity index is 962. The molecule has 0 saturated heterocycles. The molecule has 0 bridgehead atoms. The number of hydrogen-bond donors (Lipinski definition) is 2. The molecule has 2 rings (SSSR count). The van der Waals surface area contributed by atoms with E-state index < -0.39 is 33.8 Å². The van der Waals surface area contributed by atoms with Gasteiger partial charge in [-0.25, -0.2) is 22.3 Å². The molecule has 2 aromatic rings. The van der Waals surface area contributed by atoms with Crippen LogP contribution in [0.15, 0.2) is 53.4 Å². The number of anilines is 1. The van der Waals surface area contributed by atoms with E-state index in [0.29, 0.717) is 6.42 Å². The van der Waals surface area contributed by atoms with Gasteiger partial charge >= 0.3 is 5.97 Å². The average molecular weight is 408 g/mol. The van der Waals surface area contributed by atoms with Gasteiger partial charge in [0.15, 0.2) is 6.10 Å². The second kappa shape index (κ2) is 9.43. The Morgan fingerprint density at radius 1 is 1.14 bits per heavy atom. The van der Waals surface area contributed by atoms with Crippen LogP contribution in [0.25, 0.3) is 0 Å². The Morgan fingerprint density at radius 3 is 2.54 bits per heavy atom. The number of benzene rings is 2. The van der Waals surface area contributed by atoms with Gasteiger partial charge in [-0.1, -0.05) is 19.1 Å². The van der Waals surface area contributed by atoms with Gasteiger partial charge in [0, 0.05) is 12.2 Å². The lowest BCUT2D eigenvalue weighted by Crippen LogP contribution is -2.30. The molecule has 28 heavy (non-hydrogen) atoms. The molecule has 0 heterocycles. The number of rotatable bonds is 8. The first-order valence-electron chi connectivity index (χ1n) is 8.60. The molecule has 9 heteroatoms. The minimum absolute atomic E-state index is 0.00946. The molecular weight excluding hydrogens is 387 g/mol. The number of esters is 1. The van der Waals surface area contributed by atoms with Crippen molar-refractivity contribution in [2.45, 2.75) is 31.3 Å². The molecule has 1 amide bonds. The summed E-state index contributed by atoms with van der Waals surface area (Å²) < 4.78 is 45.0. The summed E-state index contributed by atoms with van der Waals surface area (Å²) in [5, 5.41) is 2.44. The summed E-state index contributed by atoms with van der Waals surface area (Å²) >= 11 is 0. The third-order valence-electron chi connectivity index (χ3n) is 3.67. The fourth-order valence-electron chi connectivity index (χ4n) is 2.20. The Kier molecular flexibility index (Phi) is 7.24. The standard InChI is InChI=1S/C19H21FN2O5S/c1-3-10-21-28(25,26)17-9-4-6-14(11-17)19(24)27-13(2)18(23)22-16-8-5-7-15(20)12-16/h4-9,11-13,21H,3,10H2,1-2H3,(H,22,23)/t13-/m0/s1. The summed E-state index contributed by atoms with van der Waals surface area (Å²) in [6.45, 7) is 3.46. The summed E-state index contributed by atoms with van der Waals surface area (Å²) in [4.78, 5) is 24.3. The summed E-state index contributed by atoms with van der Waals surface area (Å²) in [6, 6.07) is 10.6. The van der Waals surface area contributed by atoms with E-state index in [1.165, 1.54) is 49.4 Å². The fourth-order valence-corrected chi connectivity index (χ4v) is 3.38. The van der Waals surface area contributed by atoms with Gasteiger partial charge in [0.2, 0.25) is 10.0 Å². The van der Waals surface area contributed by atoms with Gasteiger partial charge < -0.3 is 10.1 Å². The van der Waals surface area contributed by atoms with Crippen LogP contribution in [0, 0.1) is 5.82 Å². The number of sulfonamides is 1. The number of ether oxygens (including phenoxy) is 1. The molecule has 0 aliphatic heterocycles. The molecule has 0 spiro atoms. The van der Waals surface area contributed by atoms with Crippen LogP contribution in [0.4, 0.5) is 10.1 Å². The van der Waals surface area contributed by atoms with Crippen molar-refractivity contribution >= 4 is 27.6 Å². The van der Waals surface area contributed by atoms with Crippen LogP contribution in [0.3, 0.4) is 0 Å². The van der Waals surface area contributed by atoms with E-state index in [9.17, 15) is 22.4 Å². The van der Waals surface area contributed by atoms with Gasteiger partial charge in [-0.2, -0.15) is 0 Å². The summed E-state index contributed by atoms with van der Waals surface area (Å²) in [5.74, 6) is -2.01. The third kappa shape index (κ3) is 5.86. The number of halogens is 1. The van der Waals surface area contributed by atoms with Gasteiger partial charge in [0.05, 0.1) is 10.5 Å². The van der Waals surface area contributed by atoms with Crippen molar-refractivity contribution in [3.8, 4) is 0 Å². The Hall–Kier alpha value is -2.78. The molecule has 0 radical (unpaired) electrons. The van der Waals surface area contributed by atoms with Crippen molar-refractivity contribution in [2.24, 2.45) is 0 Å². The Labute approximate surface area is 163 Å². The molecule has 0 unspecified atom stereocenters. The molecule has 150 valence electrons. The number of amides is 1. The monoisotopic (exact) mass is 408 g/mol.